The molecule has 1 aromatic carbocycles. The highest BCUT2D eigenvalue weighted by Gasteiger charge is 2.15. The molecule has 0 saturated carbocycles. The van der Waals surface area contributed by atoms with Crippen LogP contribution in [-0.2, 0) is 6.42 Å². The summed E-state index contributed by atoms with van der Waals surface area (Å²) in [7, 11) is 0. The minimum absolute atomic E-state index is 0.314. The predicted octanol–water partition coefficient (Wildman–Crippen LogP) is 4.25. The first-order valence-corrected chi connectivity index (χ1v) is 8.27. The molecule has 4 heteroatoms. The van der Waals surface area contributed by atoms with Gasteiger partial charge in [-0.15, -0.1) is 22.7 Å². The Kier molecular flexibility index (Phi) is 3.92. The topological polar surface area (TPSA) is 24.9 Å². The van der Waals surface area contributed by atoms with E-state index in [0.29, 0.717) is 6.04 Å². The Labute approximate surface area is 121 Å². The summed E-state index contributed by atoms with van der Waals surface area (Å²) in [5, 5.41) is 9.34. The number of benzene rings is 1. The van der Waals surface area contributed by atoms with Crippen molar-refractivity contribution < 1.29 is 0 Å². The van der Waals surface area contributed by atoms with E-state index in [1.165, 1.54) is 15.6 Å². The van der Waals surface area contributed by atoms with Gasteiger partial charge in [0.05, 0.1) is 17.2 Å². The second-order valence-electron chi connectivity index (χ2n) is 4.48. The van der Waals surface area contributed by atoms with Crippen LogP contribution in [0.15, 0.2) is 40.5 Å². The molecule has 3 rings (SSSR count). The van der Waals surface area contributed by atoms with Gasteiger partial charge in [0.25, 0.3) is 0 Å². The molecular weight excluding hydrogens is 272 g/mol. The van der Waals surface area contributed by atoms with Gasteiger partial charge < -0.3 is 5.32 Å². The third-order valence-corrected chi connectivity index (χ3v) is 4.86. The summed E-state index contributed by atoms with van der Waals surface area (Å²) < 4.78 is 1.37. The fourth-order valence-corrected chi connectivity index (χ4v) is 3.92. The predicted molar refractivity (Wildman–Crippen MR) is 84.1 cm³/mol. The standard InChI is InChI=1S/C15H16N2S2/c1-2-16-13(14-9-18-10-17-14)7-11-8-19-15-6-4-3-5-12(11)15/h3-6,8-10,13,16H,2,7H2,1H3. The minimum Gasteiger partial charge on any atom is -0.309 e. The van der Waals surface area contributed by atoms with Crippen molar-refractivity contribution in [2.24, 2.45) is 0 Å². The summed E-state index contributed by atoms with van der Waals surface area (Å²) in [6.07, 6.45) is 1.00. The molecule has 0 radical (unpaired) electrons. The first kappa shape index (κ1) is 12.8. The fourth-order valence-electron chi connectivity index (χ4n) is 2.33. The van der Waals surface area contributed by atoms with Gasteiger partial charge in [-0.2, -0.15) is 0 Å². The second kappa shape index (κ2) is 5.82. The molecule has 2 aromatic heterocycles. The molecule has 98 valence electrons. The molecular formula is C15H16N2S2. The van der Waals surface area contributed by atoms with E-state index in [2.05, 4.69) is 52.3 Å². The first-order chi connectivity index (χ1) is 9.38. The summed E-state index contributed by atoms with van der Waals surface area (Å²) in [5.74, 6) is 0. The van der Waals surface area contributed by atoms with Gasteiger partial charge in [0.1, 0.15) is 0 Å². The van der Waals surface area contributed by atoms with Crippen molar-refractivity contribution in [1.82, 2.24) is 10.3 Å². The molecule has 0 amide bonds. The average Bonchev–Trinajstić information content (AvgIpc) is 3.08. The summed E-state index contributed by atoms with van der Waals surface area (Å²) in [5.41, 5.74) is 4.48. The highest BCUT2D eigenvalue weighted by atomic mass is 32.1. The lowest BCUT2D eigenvalue weighted by Crippen LogP contribution is -2.23. The van der Waals surface area contributed by atoms with E-state index in [-0.39, 0.29) is 0 Å². The lowest BCUT2D eigenvalue weighted by Gasteiger charge is -2.15. The van der Waals surface area contributed by atoms with E-state index >= 15 is 0 Å². The number of thiazole rings is 1. The Hall–Kier alpha value is -1.23. The van der Waals surface area contributed by atoms with Crippen LogP contribution in [0.5, 0.6) is 0 Å². The maximum absolute atomic E-state index is 4.46. The van der Waals surface area contributed by atoms with E-state index < -0.39 is 0 Å². The van der Waals surface area contributed by atoms with Crippen LogP contribution in [0.3, 0.4) is 0 Å². The van der Waals surface area contributed by atoms with Crippen molar-refractivity contribution in [2.45, 2.75) is 19.4 Å². The van der Waals surface area contributed by atoms with Gasteiger partial charge in [-0.05, 0) is 35.4 Å². The van der Waals surface area contributed by atoms with Gasteiger partial charge in [0, 0.05) is 10.1 Å². The van der Waals surface area contributed by atoms with Crippen LogP contribution in [0.4, 0.5) is 0 Å². The lowest BCUT2D eigenvalue weighted by atomic mass is 10.0. The van der Waals surface area contributed by atoms with Crippen molar-refractivity contribution in [2.75, 3.05) is 6.54 Å². The van der Waals surface area contributed by atoms with E-state index in [1.54, 1.807) is 11.3 Å². The van der Waals surface area contributed by atoms with Crippen LogP contribution in [0, 0.1) is 0 Å². The van der Waals surface area contributed by atoms with E-state index in [0.717, 1.165) is 18.7 Å². The summed E-state index contributed by atoms with van der Waals surface area (Å²) in [6, 6.07) is 8.93. The Morgan fingerprint density at radius 1 is 1.26 bits per heavy atom. The zero-order valence-electron chi connectivity index (χ0n) is 10.8. The monoisotopic (exact) mass is 288 g/mol. The molecule has 0 aliphatic heterocycles. The smallest absolute Gasteiger partial charge is 0.0795 e. The Bertz CT molecular complexity index is 643. The van der Waals surface area contributed by atoms with Crippen LogP contribution in [-0.4, -0.2) is 11.5 Å². The van der Waals surface area contributed by atoms with Gasteiger partial charge in [-0.3, -0.25) is 0 Å². The molecule has 1 atom stereocenters. The number of nitrogens with zero attached hydrogens (tertiary/aromatic N) is 1. The van der Waals surface area contributed by atoms with E-state index in [9.17, 15) is 0 Å². The number of rotatable bonds is 5. The molecule has 3 aromatic rings. The zero-order valence-corrected chi connectivity index (χ0v) is 12.4. The Morgan fingerprint density at radius 2 is 2.16 bits per heavy atom. The van der Waals surface area contributed by atoms with Crippen molar-refractivity contribution in [3.63, 3.8) is 0 Å². The molecule has 1 N–H and O–H groups in total. The highest BCUT2D eigenvalue weighted by molar-refractivity contribution is 7.17. The first-order valence-electron chi connectivity index (χ1n) is 6.45. The molecule has 0 aliphatic carbocycles. The molecule has 1 unspecified atom stereocenters. The van der Waals surface area contributed by atoms with Crippen LogP contribution >= 0.6 is 22.7 Å². The minimum atomic E-state index is 0.314. The van der Waals surface area contributed by atoms with Gasteiger partial charge in [-0.1, -0.05) is 25.1 Å². The van der Waals surface area contributed by atoms with Crippen molar-refractivity contribution in [1.29, 1.82) is 0 Å². The summed E-state index contributed by atoms with van der Waals surface area (Å²) in [6.45, 7) is 3.11. The van der Waals surface area contributed by atoms with Crippen molar-refractivity contribution in [3.05, 3.63) is 51.8 Å². The second-order valence-corrected chi connectivity index (χ2v) is 6.11. The molecule has 0 bridgehead atoms. The zero-order chi connectivity index (χ0) is 13.1. The number of thiophene rings is 1. The summed E-state index contributed by atoms with van der Waals surface area (Å²) in [4.78, 5) is 4.46. The number of nitrogens with one attached hydrogen (secondary N) is 1. The maximum Gasteiger partial charge on any atom is 0.0795 e. The van der Waals surface area contributed by atoms with Crippen LogP contribution in [0.1, 0.15) is 24.2 Å². The molecule has 2 heterocycles. The maximum atomic E-state index is 4.46. The quantitative estimate of drug-likeness (QED) is 0.759. The molecule has 2 nitrogen and oxygen atoms in total. The number of hydrogen-bond donors (Lipinski definition) is 1. The molecule has 0 spiro atoms. The Balaban J connectivity index is 1.89. The summed E-state index contributed by atoms with van der Waals surface area (Å²) >= 11 is 3.49. The molecule has 0 aliphatic rings. The largest absolute Gasteiger partial charge is 0.309 e. The highest BCUT2D eigenvalue weighted by Crippen LogP contribution is 2.29. The van der Waals surface area contributed by atoms with Crippen molar-refractivity contribution >= 4 is 32.8 Å². The third kappa shape index (κ3) is 2.71. The van der Waals surface area contributed by atoms with Gasteiger partial charge >= 0.3 is 0 Å². The molecule has 0 saturated heterocycles. The van der Waals surface area contributed by atoms with Crippen LogP contribution in [0.25, 0.3) is 10.1 Å². The number of hydrogen-bond acceptors (Lipinski definition) is 4. The SMILES string of the molecule is CCNC(Cc1csc2ccccc12)c1cscn1. The molecule has 0 fully saturated rings. The lowest BCUT2D eigenvalue weighted by molar-refractivity contribution is 0.541. The average molecular weight is 288 g/mol. The van der Waals surface area contributed by atoms with Gasteiger partial charge in [-0.25, -0.2) is 4.98 Å². The Morgan fingerprint density at radius 3 is 2.95 bits per heavy atom. The van der Waals surface area contributed by atoms with E-state index in [4.69, 9.17) is 0 Å². The number of fused-ring (bicyclic) bond motifs is 1. The van der Waals surface area contributed by atoms with Crippen molar-refractivity contribution in [3.8, 4) is 0 Å². The van der Waals surface area contributed by atoms with Crippen LogP contribution < -0.4 is 5.32 Å². The van der Waals surface area contributed by atoms with Crippen LogP contribution in [0.2, 0.25) is 0 Å². The van der Waals surface area contributed by atoms with Gasteiger partial charge in [0.15, 0.2) is 0 Å². The normalized spacial score (nSPS) is 12.9. The fraction of sp³-hybridized carbons (Fsp3) is 0.267. The van der Waals surface area contributed by atoms with Gasteiger partial charge in [0.2, 0.25) is 0 Å². The third-order valence-electron chi connectivity index (χ3n) is 3.24. The number of likely N-dealkylation sites (N-methyl/N-ethyl adjacent to an activating group) is 1. The molecule has 19 heavy (non-hydrogen) atoms. The van der Waals surface area contributed by atoms with E-state index in [1.807, 2.05) is 16.8 Å². The number of aromatic nitrogens is 1.